The third-order valence-corrected chi connectivity index (χ3v) is 8.85. The van der Waals surface area contributed by atoms with Crippen LogP contribution in [0.4, 0.5) is 35.5 Å². The lowest BCUT2D eigenvalue weighted by atomic mass is 9.88. The molecule has 0 aliphatic carbocycles. The lowest BCUT2D eigenvalue weighted by Gasteiger charge is -2.48. The predicted octanol–water partition coefficient (Wildman–Crippen LogP) is 6.24. The number of hydrogen-bond donors (Lipinski definition) is 0. The van der Waals surface area contributed by atoms with E-state index in [0.717, 1.165) is 23.4 Å². The van der Waals surface area contributed by atoms with Gasteiger partial charge < -0.3 is 14.7 Å². The molecule has 3 atom stereocenters. The smallest absolute Gasteiger partial charge is 0.337 e. The highest BCUT2D eigenvalue weighted by atomic mass is 19.4. The van der Waals surface area contributed by atoms with Crippen molar-refractivity contribution in [1.82, 2.24) is 19.6 Å². The van der Waals surface area contributed by atoms with Gasteiger partial charge in [0, 0.05) is 58.3 Å². The molecule has 5 rings (SSSR count). The molecule has 3 saturated heterocycles. The maximum atomic E-state index is 14.0. The number of benzene rings is 2. The number of aryl methyl sites for hydroxylation is 1. The summed E-state index contributed by atoms with van der Waals surface area (Å²) in [5.41, 5.74) is -1.83. The van der Waals surface area contributed by atoms with E-state index >= 15 is 0 Å². The normalized spacial score (nSPS) is 23.5. The summed E-state index contributed by atoms with van der Waals surface area (Å²) in [7, 11) is 1.34. The Hall–Kier alpha value is -3.35. The zero-order valence-electron chi connectivity index (χ0n) is 23.8. The number of nitrogens with zero attached hydrogens (tertiary/aromatic N) is 4. The SMILES string of the molecule is Cc1cc(F)ccc1[C@H]1C[C@@H](N2CCN3C(=O)CCC3C2)CCN1C(=O)N(C)Cc1cc(C(F)(F)F)cc(C(F)(F)F)c1. The molecule has 234 valence electrons. The van der Waals surface area contributed by atoms with Gasteiger partial charge in [-0.05, 0) is 73.2 Å². The van der Waals surface area contributed by atoms with Crippen molar-refractivity contribution in [2.75, 3.05) is 33.2 Å². The molecule has 3 aliphatic heterocycles. The molecule has 43 heavy (non-hydrogen) atoms. The number of halogens is 7. The minimum Gasteiger partial charge on any atom is -0.337 e. The molecule has 6 nitrogen and oxygen atoms in total. The van der Waals surface area contributed by atoms with Crippen molar-refractivity contribution >= 4 is 11.9 Å². The Labute approximate surface area is 245 Å². The largest absolute Gasteiger partial charge is 0.416 e. The molecule has 0 aromatic heterocycles. The van der Waals surface area contributed by atoms with E-state index in [1.54, 1.807) is 17.9 Å². The molecule has 2 aromatic carbocycles. The van der Waals surface area contributed by atoms with Crippen LogP contribution in [0, 0.1) is 12.7 Å². The first kappa shape index (κ1) is 31.1. The van der Waals surface area contributed by atoms with Crippen molar-refractivity contribution in [3.63, 3.8) is 0 Å². The topological polar surface area (TPSA) is 47.1 Å². The van der Waals surface area contributed by atoms with Gasteiger partial charge in [0.1, 0.15) is 5.82 Å². The summed E-state index contributed by atoms with van der Waals surface area (Å²) in [5, 5.41) is 0. The van der Waals surface area contributed by atoms with E-state index in [4.69, 9.17) is 0 Å². The molecule has 3 heterocycles. The third-order valence-electron chi connectivity index (χ3n) is 8.85. The number of amides is 3. The molecular weight excluding hydrogens is 581 g/mol. The van der Waals surface area contributed by atoms with Crippen molar-refractivity contribution in [3.05, 3.63) is 70.0 Å². The lowest BCUT2D eigenvalue weighted by Crippen LogP contribution is -2.57. The van der Waals surface area contributed by atoms with Crippen molar-refractivity contribution in [2.24, 2.45) is 0 Å². The van der Waals surface area contributed by atoms with Gasteiger partial charge in [-0.2, -0.15) is 26.3 Å². The van der Waals surface area contributed by atoms with Gasteiger partial charge in [0.25, 0.3) is 0 Å². The first-order chi connectivity index (χ1) is 20.1. The fourth-order valence-corrected chi connectivity index (χ4v) is 6.71. The van der Waals surface area contributed by atoms with Crippen molar-refractivity contribution in [2.45, 2.75) is 69.6 Å². The average Bonchev–Trinajstić information content (AvgIpc) is 3.31. The van der Waals surface area contributed by atoms with Crippen molar-refractivity contribution in [3.8, 4) is 0 Å². The number of piperidine rings is 1. The maximum absolute atomic E-state index is 14.0. The molecule has 0 bridgehead atoms. The number of hydrogen-bond acceptors (Lipinski definition) is 3. The number of fused-ring (bicyclic) bond motifs is 1. The van der Waals surface area contributed by atoms with Gasteiger partial charge in [0.15, 0.2) is 0 Å². The first-order valence-corrected chi connectivity index (χ1v) is 14.2. The Morgan fingerprint density at radius 2 is 1.60 bits per heavy atom. The van der Waals surface area contributed by atoms with Crippen LogP contribution in [0.2, 0.25) is 0 Å². The summed E-state index contributed by atoms with van der Waals surface area (Å²) < 4.78 is 94.4. The Kier molecular flexibility index (Phi) is 8.40. The van der Waals surface area contributed by atoms with Crippen LogP contribution in [0.3, 0.4) is 0 Å². The number of urea groups is 1. The lowest BCUT2D eigenvalue weighted by molar-refractivity contribution is -0.143. The van der Waals surface area contributed by atoms with E-state index in [9.17, 15) is 40.3 Å². The number of rotatable bonds is 4. The van der Waals surface area contributed by atoms with Gasteiger partial charge in [0.2, 0.25) is 5.91 Å². The second-order valence-electron chi connectivity index (χ2n) is 11.7. The first-order valence-electron chi connectivity index (χ1n) is 14.2. The highest BCUT2D eigenvalue weighted by Gasteiger charge is 2.42. The van der Waals surface area contributed by atoms with E-state index in [1.807, 2.05) is 4.90 Å². The summed E-state index contributed by atoms with van der Waals surface area (Å²) in [4.78, 5) is 32.9. The molecular formula is C30H33F7N4O2. The minimum atomic E-state index is -5.00. The Balaban J connectivity index is 1.38. The summed E-state index contributed by atoms with van der Waals surface area (Å²) >= 11 is 0. The summed E-state index contributed by atoms with van der Waals surface area (Å²) in [6, 6.07) is 4.78. The molecule has 0 N–H and O–H groups in total. The molecule has 0 radical (unpaired) electrons. The molecule has 3 amide bonds. The van der Waals surface area contributed by atoms with Gasteiger partial charge in [-0.1, -0.05) is 6.07 Å². The minimum absolute atomic E-state index is 0.0603. The van der Waals surface area contributed by atoms with Gasteiger partial charge >= 0.3 is 18.4 Å². The van der Waals surface area contributed by atoms with Gasteiger partial charge in [0.05, 0.1) is 17.2 Å². The molecule has 0 spiro atoms. The maximum Gasteiger partial charge on any atom is 0.416 e. The van der Waals surface area contributed by atoms with E-state index in [1.165, 1.54) is 19.2 Å². The molecule has 3 fully saturated rings. The Morgan fingerprint density at radius 3 is 2.23 bits per heavy atom. The molecule has 13 heteroatoms. The van der Waals surface area contributed by atoms with Crippen LogP contribution < -0.4 is 0 Å². The number of carbonyl (C=O) groups excluding carboxylic acids is 2. The number of likely N-dealkylation sites (tertiary alicyclic amines) is 1. The second-order valence-corrected chi connectivity index (χ2v) is 11.7. The van der Waals surface area contributed by atoms with E-state index in [2.05, 4.69) is 4.90 Å². The van der Waals surface area contributed by atoms with E-state index in [0.29, 0.717) is 50.0 Å². The van der Waals surface area contributed by atoms with Crippen LogP contribution in [0.5, 0.6) is 0 Å². The summed E-state index contributed by atoms with van der Waals surface area (Å²) in [6.07, 6.45) is -7.56. The molecule has 1 unspecified atom stereocenters. The highest BCUT2D eigenvalue weighted by molar-refractivity contribution is 5.79. The molecule has 2 aromatic rings. The van der Waals surface area contributed by atoms with Crippen LogP contribution in [-0.2, 0) is 23.7 Å². The van der Waals surface area contributed by atoms with Crippen molar-refractivity contribution < 1.29 is 40.3 Å². The fourth-order valence-electron chi connectivity index (χ4n) is 6.71. The Morgan fingerprint density at radius 1 is 0.930 bits per heavy atom. The van der Waals surface area contributed by atoms with Crippen LogP contribution in [-0.4, -0.2) is 76.8 Å². The van der Waals surface area contributed by atoms with Crippen LogP contribution >= 0.6 is 0 Å². The summed E-state index contributed by atoms with van der Waals surface area (Å²) in [5.74, 6) is -0.272. The number of carbonyl (C=O) groups is 2. The van der Waals surface area contributed by atoms with Gasteiger partial charge in [-0.25, -0.2) is 9.18 Å². The Bertz CT molecular complexity index is 1350. The van der Waals surface area contributed by atoms with Crippen LogP contribution in [0.15, 0.2) is 36.4 Å². The standard InChI is InChI=1S/C30H33F7N4O2/c1-18-11-22(31)3-5-25(18)26-15-23(39-9-10-40-24(17-39)4-6-27(40)42)7-8-41(26)28(43)38(2)16-19-12-20(29(32,33)34)14-21(13-19)30(35,36)37/h3,5,11-14,23-24,26H,4,6-10,15-17H2,1-2H3/t23-,24?,26+/m0/s1. The van der Waals surface area contributed by atoms with Crippen LogP contribution in [0.25, 0.3) is 0 Å². The van der Waals surface area contributed by atoms with E-state index < -0.39 is 47.9 Å². The highest BCUT2D eigenvalue weighted by Crippen LogP contribution is 2.39. The monoisotopic (exact) mass is 614 g/mol. The fraction of sp³-hybridized carbons (Fsp3) is 0.533. The number of alkyl halides is 6. The quantitative estimate of drug-likeness (QED) is 0.384. The van der Waals surface area contributed by atoms with Gasteiger partial charge in [-0.15, -0.1) is 0 Å². The third kappa shape index (κ3) is 6.61. The van der Waals surface area contributed by atoms with Gasteiger partial charge in [-0.3, -0.25) is 9.69 Å². The molecule has 0 saturated carbocycles. The second kappa shape index (κ2) is 11.6. The molecule has 3 aliphatic rings. The zero-order valence-corrected chi connectivity index (χ0v) is 23.8. The predicted molar refractivity (Wildman–Crippen MR) is 143 cm³/mol. The van der Waals surface area contributed by atoms with Crippen LogP contribution in [0.1, 0.15) is 59.5 Å². The summed E-state index contributed by atoms with van der Waals surface area (Å²) in [6.45, 7) is 3.58. The van der Waals surface area contributed by atoms with Crippen molar-refractivity contribution in [1.29, 1.82) is 0 Å². The zero-order chi connectivity index (χ0) is 31.3. The average molecular weight is 615 g/mol. The van der Waals surface area contributed by atoms with E-state index in [-0.39, 0.29) is 36.2 Å². The number of piperazine rings is 1.